The van der Waals surface area contributed by atoms with Gasteiger partial charge in [0.1, 0.15) is 18.2 Å². The van der Waals surface area contributed by atoms with Crippen molar-refractivity contribution in [3.63, 3.8) is 0 Å². The van der Waals surface area contributed by atoms with E-state index in [0.717, 1.165) is 0 Å². The van der Waals surface area contributed by atoms with E-state index < -0.39 is 18.0 Å². The van der Waals surface area contributed by atoms with E-state index in [1.165, 1.54) is 18.2 Å². The predicted octanol–water partition coefficient (Wildman–Crippen LogP) is 1.64. The molecule has 0 amide bonds. The van der Waals surface area contributed by atoms with Crippen molar-refractivity contribution in [2.75, 3.05) is 6.61 Å². The van der Waals surface area contributed by atoms with Gasteiger partial charge < -0.3 is 14.9 Å². The van der Waals surface area contributed by atoms with Gasteiger partial charge in [0.15, 0.2) is 0 Å². The lowest BCUT2D eigenvalue weighted by atomic mass is 10.1. The lowest BCUT2D eigenvalue weighted by Crippen LogP contribution is -2.14. The number of hydrogen-bond acceptors (Lipinski definition) is 3. The Bertz CT molecular complexity index is 324. The van der Waals surface area contributed by atoms with Crippen LogP contribution in [0.4, 0.5) is 4.39 Å². The number of halogens is 1. The first-order valence-corrected chi connectivity index (χ1v) is 4.79. The fraction of sp³-hybridized carbons (Fsp3) is 0.455. The van der Waals surface area contributed by atoms with E-state index >= 15 is 0 Å². The maximum absolute atomic E-state index is 12.9. The van der Waals surface area contributed by atoms with Crippen molar-refractivity contribution in [3.05, 3.63) is 29.6 Å². The Kier molecular flexibility index (Phi) is 4.05. The van der Waals surface area contributed by atoms with E-state index in [2.05, 4.69) is 0 Å². The Hall–Kier alpha value is -1.13. The molecule has 3 nitrogen and oxygen atoms in total. The van der Waals surface area contributed by atoms with E-state index in [1.807, 2.05) is 0 Å². The fourth-order valence-electron chi connectivity index (χ4n) is 1.19. The summed E-state index contributed by atoms with van der Waals surface area (Å²) in [5.41, 5.74) is 0.511. The highest BCUT2D eigenvalue weighted by Crippen LogP contribution is 2.25. The molecule has 1 rings (SSSR count). The van der Waals surface area contributed by atoms with Crippen LogP contribution in [0.5, 0.6) is 5.75 Å². The third kappa shape index (κ3) is 3.49. The molecule has 15 heavy (non-hydrogen) atoms. The van der Waals surface area contributed by atoms with Crippen LogP contribution >= 0.6 is 0 Å². The monoisotopic (exact) mass is 214 g/mol. The van der Waals surface area contributed by atoms with Gasteiger partial charge in [0.2, 0.25) is 0 Å². The van der Waals surface area contributed by atoms with Crippen LogP contribution in [-0.4, -0.2) is 22.9 Å². The minimum atomic E-state index is -0.727. The van der Waals surface area contributed by atoms with Gasteiger partial charge in [0, 0.05) is 11.6 Å². The summed E-state index contributed by atoms with van der Waals surface area (Å²) in [4.78, 5) is 0. The summed E-state index contributed by atoms with van der Waals surface area (Å²) in [6, 6.07) is 3.93. The molecule has 0 saturated carbocycles. The largest absolute Gasteiger partial charge is 0.490 e. The second kappa shape index (κ2) is 5.09. The number of hydrogen-bond donors (Lipinski definition) is 2. The molecule has 0 aliphatic carbocycles. The standard InChI is InChI=1S/C11H15FO3/c1-7(13)6-15-11-5-9(12)3-4-10(11)8(2)14/h3-5,7-8,13-14H,6H2,1-2H3. The first-order valence-electron chi connectivity index (χ1n) is 4.79. The smallest absolute Gasteiger partial charge is 0.128 e. The first-order chi connectivity index (χ1) is 7.00. The molecule has 0 aromatic heterocycles. The molecule has 2 unspecified atom stereocenters. The molecule has 0 fully saturated rings. The van der Waals surface area contributed by atoms with Gasteiger partial charge in [-0.3, -0.25) is 0 Å². The molecule has 0 aliphatic rings. The van der Waals surface area contributed by atoms with Crippen molar-refractivity contribution in [1.29, 1.82) is 0 Å². The van der Waals surface area contributed by atoms with Crippen molar-refractivity contribution >= 4 is 0 Å². The minimum Gasteiger partial charge on any atom is -0.490 e. The van der Waals surface area contributed by atoms with Crippen LogP contribution in [0.25, 0.3) is 0 Å². The van der Waals surface area contributed by atoms with E-state index in [9.17, 15) is 9.50 Å². The third-order valence-electron chi connectivity index (χ3n) is 1.91. The van der Waals surface area contributed by atoms with Gasteiger partial charge >= 0.3 is 0 Å². The molecule has 84 valence electrons. The minimum absolute atomic E-state index is 0.0726. The van der Waals surface area contributed by atoms with Gasteiger partial charge in [-0.25, -0.2) is 4.39 Å². The van der Waals surface area contributed by atoms with Crippen LogP contribution in [0.1, 0.15) is 25.5 Å². The van der Waals surface area contributed by atoms with E-state index in [4.69, 9.17) is 9.84 Å². The predicted molar refractivity (Wildman–Crippen MR) is 54.2 cm³/mol. The molecule has 1 aromatic rings. The van der Waals surface area contributed by atoms with Crippen molar-refractivity contribution in [2.45, 2.75) is 26.1 Å². The summed E-state index contributed by atoms with van der Waals surface area (Å²) in [7, 11) is 0. The molecule has 0 bridgehead atoms. The summed E-state index contributed by atoms with van der Waals surface area (Å²) < 4.78 is 18.1. The molecule has 2 N–H and O–H groups in total. The maximum Gasteiger partial charge on any atom is 0.128 e. The van der Waals surface area contributed by atoms with Gasteiger partial charge in [0.05, 0.1) is 12.2 Å². The summed E-state index contributed by atoms with van der Waals surface area (Å²) in [6.07, 6.45) is -1.36. The number of aliphatic hydroxyl groups excluding tert-OH is 2. The highest BCUT2D eigenvalue weighted by Gasteiger charge is 2.10. The number of rotatable bonds is 4. The van der Waals surface area contributed by atoms with E-state index in [-0.39, 0.29) is 12.4 Å². The Balaban J connectivity index is 2.87. The highest BCUT2D eigenvalue weighted by molar-refractivity contribution is 5.35. The zero-order valence-electron chi connectivity index (χ0n) is 8.77. The third-order valence-corrected chi connectivity index (χ3v) is 1.91. The summed E-state index contributed by atoms with van der Waals surface area (Å²) in [5.74, 6) is -0.161. The number of aliphatic hydroxyl groups is 2. The second-order valence-corrected chi connectivity index (χ2v) is 3.52. The second-order valence-electron chi connectivity index (χ2n) is 3.52. The SMILES string of the molecule is CC(O)COc1cc(F)ccc1C(C)O. The molecule has 0 spiro atoms. The number of benzene rings is 1. The van der Waals surface area contributed by atoms with Crippen molar-refractivity contribution < 1.29 is 19.3 Å². The summed E-state index contributed by atoms with van der Waals surface area (Å²) in [5, 5.41) is 18.4. The molecule has 2 atom stereocenters. The summed E-state index contributed by atoms with van der Waals surface area (Å²) in [6.45, 7) is 3.22. The Labute approximate surface area is 88.1 Å². The van der Waals surface area contributed by atoms with Gasteiger partial charge in [-0.1, -0.05) is 0 Å². The average Bonchev–Trinajstić information content (AvgIpc) is 2.14. The van der Waals surface area contributed by atoms with Crippen molar-refractivity contribution in [2.24, 2.45) is 0 Å². The van der Waals surface area contributed by atoms with Crippen LogP contribution in [0.2, 0.25) is 0 Å². The molecule has 0 aliphatic heterocycles. The van der Waals surface area contributed by atoms with Crippen LogP contribution in [0.3, 0.4) is 0 Å². The van der Waals surface area contributed by atoms with Crippen LogP contribution in [0, 0.1) is 5.82 Å². The molecular weight excluding hydrogens is 199 g/mol. The van der Waals surface area contributed by atoms with Crippen LogP contribution in [0.15, 0.2) is 18.2 Å². The van der Waals surface area contributed by atoms with Crippen LogP contribution in [-0.2, 0) is 0 Å². The normalized spacial score (nSPS) is 14.7. The fourth-order valence-corrected chi connectivity index (χ4v) is 1.19. The lowest BCUT2D eigenvalue weighted by Gasteiger charge is -2.14. The maximum atomic E-state index is 12.9. The van der Waals surface area contributed by atoms with E-state index in [1.54, 1.807) is 13.8 Å². The molecule has 0 saturated heterocycles. The molecule has 0 heterocycles. The quantitative estimate of drug-likeness (QED) is 0.801. The van der Waals surface area contributed by atoms with Crippen molar-refractivity contribution in [1.82, 2.24) is 0 Å². The van der Waals surface area contributed by atoms with Gasteiger partial charge in [0.25, 0.3) is 0 Å². The molecule has 0 radical (unpaired) electrons. The van der Waals surface area contributed by atoms with E-state index in [0.29, 0.717) is 5.56 Å². The average molecular weight is 214 g/mol. The molecular formula is C11H15FO3. The zero-order chi connectivity index (χ0) is 11.4. The Morgan fingerprint density at radius 2 is 2.00 bits per heavy atom. The van der Waals surface area contributed by atoms with Crippen LogP contribution < -0.4 is 4.74 Å². The summed E-state index contributed by atoms with van der Waals surface area (Å²) >= 11 is 0. The lowest BCUT2D eigenvalue weighted by molar-refractivity contribution is 0.118. The highest BCUT2D eigenvalue weighted by atomic mass is 19.1. The van der Waals surface area contributed by atoms with Gasteiger partial charge in [-0.05, 0) is 26.0 Å². The zero-order valence-corrected chi connectivity index (χ0v) is 8.77. The Morgan fingerprint density at radius 3 is 2.53 bits per heavy atom. The number of ether oxygens (including phenoxy) is 1. The Morgan fingerprint density at radius 1 is 1.33 bits per heavy atom. The van der Waals surface area contributed by atoms with Crippen molar-refractivity contribution in [3.8, 4) is 5.75 Å². The van der Waals surface area contributed by atoms with Gasteiger partial charge in [-0.15, -0.1) is 0 Å². The molecule has 1 aromatic carbocycles. The first kappa shape index (κ1) is 11.9. The topological polar surface area (TPSA) is 49.7 Å². The molecule has 4 heteroatoms. The van der Waals surface area contributed by atoms with Gasteiger partial charge in [-0.2, -0.15) is 0 Å².